The highest BCUT2D eigenvalue weighted by atomic mass is 16.5. The van der Waals surface area contributed by atoms with Crippen LogP contribution in [0.15, 0.2) is 18.2 Å². The van der Waals surface area contributed by atoms with Gasteiger partial charge in [0.15, 0.2) is 0 Å². The van der Waals surface area contributed by atoms with Crippen LogP contribution in [0.5, 0.6) is 5.75 Å². The normalized spacial score (nSPS) is 11.8. The minimum Gasteiger partial charge on any atom is -0.495 e. The quantitative estimate of drug-likeness (QED) is 0.699. The Morgan fingerprint density at radius 1 is 1.20 bits per heavy atom. The Labute approximate surface area is 118 Å². The number of nitrogens with two attached hydrogens (primary N) is 1. The molecule has 0 radical (unpaired) electrons. The van der Waals surface area contributed by atoms with Crippen LogP contribution >= 0.6 is 0 Å². The van der Waals surface area contributed by atoms with E-state index in [0.29, 0.717) is 17.0 Å². The third-order valence-corrected chi connectivity index (χ3v) is 2.67. The molecule has 0 aliphatic carbocycles. The third kappa shape index (κ3) is 4.15. The lowest BCUT2D eigenvalue weighted by Gasteiger charge is -2.16. The zero-order chi connectivity index (χ0) is 15.3. The van der Waals surface area contributed by atoms with Gasteiger partial charge in [-0.05, 0) is 39.0 Å². The van der Waals surface area contributed by atoms with E-state index >= 15 is 0 Å². The number of rotatable bonds is 5. The molecule has 1 aromatic rings. The van der Waals surface area contributed by atoms with Gasteiger partial charge in [-0.3, -0.25) is 9.59 Å². The van der Waals surface area contributed by atoms with E-state index in [1.807, 2.05) is 13.8 Å². The first-order valence-corrected chi connectivity index (χ1v) is 6.40. The molecule has 0 aliphatic rings. The lowest BCUT2D eigenvalue weighted by Crippen LogP contribution is -2.46. The van der Waals surface area contributed by atoms with Crippen molar-refractivity contribution >= 4 is 17.5 Å². The first-order chi connectivity index (χ1) is 9.35. The smallest absolute Gasteiger partial charge is 0.252 e. The molecule has 6 nitrogen and oxygen atoms in total. The molecule has 0 aliphatic heterocycles. The summed E-state index contributed by atoms with van der Waals surface area (Å²) in [6.07, 6.45) is 0. The van der Waals surface area contributed by atoms with Gasteiger partial charge in [0.1, 0.15) is 11.8 Å². The number of hydrogen-bond acceptors (Lipinski definition) is 4. The first kappa shape index (κ1) is 15.8. The fourth-order valence-electron chi connectivity index (χ4n) is 1.61. The van der Waals surface area contributed by atoms with E-state index in [4.69, 9.17) is 10.5 Å². The molecule has 1 atom stereocenters. The summed E-state index contributed by atoms with van der Waals surface area (Å²) in [4.78, 5) is 23.8. The SMILES string of the molecule is COc1cc(C(=O)NC(C)C(=O)NC(C)C)ccc1N. The van der Waals surface area contributed by atoms with E-state index < -0.39 is 6.04 Å². The molecule has 20 heavy (non-hydrogen) atoms. The summed E-state index contributed by atoms with van der Waals surface area (Å²) >= 11 is 0. The van der Waals surface area contributed by atoms with E-state index in [0.717, 1.165) is 0 Å². The Bertz CT molecular complexity index is 500. The summed E-state index contributed by atoms with van der Waals surface area (Å²) < 4.78 is 5.06. The average Bonchev–Trinajstić information content (AvgIpc) is 2.38. The third-order valence-electron chi connectivity index (χ3n) is 2.67. The van der Waals surface area contributed by atoms with Crippen molar-refractivity contribution in [3.05, 3.63) is 23.8 Å². The molecule has 0 spiro atoms. The van der Waals surface area contributed by atoms with Crippen LogP contribution in [0.3, 0.4) is 0 Å². The number of carbonyl (C=O) groups is 2. The molecule has 0 aromatic heterocycles. The fraction of sp³-hybridized carbons (Fsp3) is 0.429. The van der Waals surface area contributed by atoms with E-state index in [1.165, 1.54) is 13.2 Å². The maximum Gasteiger partial charge on any atom is 0.252 e. The topological polar surface area (TPSA) is 93.4 Å². The maximum atomic E-state index is 12.0. The number of hydrogen-bond donors (Lipinski definition) is 3. The molecular weight excluding hydrogens is 258 g/mol. The number of anilines is 1. The minimum absolute atomic E-state index is 0.0264. The van der Waals surface area contributed by atoms with Crippen molar-refractivity contribution in [1.82, 2.24) is 10.6 Å². The van der Waals surface area contributed by atoms with E-state index in [1.54, 1.807) is 19.1 Å². The minimum atomic E-state index is -0.617. The number of ether oxygens (including phenoxy) is 1. The van der Waals surface area contributed by atoms with Gasteiger partial charge in [-0.2, -0.15) is 0 Å². The van der Waals surface area contributed by atoms with Crippen LogP contribution in [0.1, 0.15) is 31.1 Å². The second kappa shape index (κ2) is 6.79. The predicted molar refractivity (Wildman–Crippen MR) is 77.6 cm³/mol. The van der Waals surface area contributed by atoms with E-state index in [2.05, 4.69) is 10.6 Å². The van der Waals surface area contributed by atoms with Crippen LogP contribution in [-0.4, -0.2) is 31.0 Å². The van der Waals surface area contributed by atoms with Gasteiger partial charge in [-0.25, -0.2) is 0 Å². The summed E-state index contributed by atoms with van der Waals surface area (Å²) in [6, 6.07) is 4.12. The Hall–Kier alpha value is -2.24. The maximum absolute atomic E-state index is 12.0. The first-order valence-electron chi connectivity index (χ1n) is 6.40. The molecule has 0 bridgehead atoms. The lowest BCUT2D eigenvalue weighted by atomic mass is 10.1. The zero-order valence-corrected chi connectivity index (χ0v) is 12.2. The van der Waals surface area contributed by atoms with Gasteiger partial charge in [-0.1, -0.05) is 0 Å². The van der Waals surface area contributed by atoms with Gasteiger partial charge < -0.3 is 21.1 Å². The molecule has 6 heteroatoms. The zero-order valence-electron chi connectivity index (χ0n) is 12.2. The molecule has 110 valence electrons. The summed E-state index contributed by atoms with van der Waals surface area (Å²) in [5.74, 6) is -0.151. The van der Waals surface area contributed by atoms with Crippen molar-refractivity contribution in [1.29, 1.82) is 0 Å². The number of nitrogens with one attached hydrogen (secondary N) is 2. The molecule has 1 unspecified atom stereocenters. The van der Waals surface area contributed by atoms with Crippen molar-refractivity contribution in [2.24, 2.45) is 0 Å². The molecule has 0 heterocycles. The van der Waals surface area contributed by atoms with Crippen LogP contribution in [0.2, 0.25) is 0 Å². The molecule has 2 amide bonds. The van der Waals surface area contributed by atoms with Crippen molar-refractivity contribution in [3.8, 4) is 5.75 Å². The van der Waals surface area contributed by atoms with Crippen LogP contribution in [0.25, 0.3) is 0 Å². The number of benzene rings is 1. The highest BCUT2D eigenvalue weighted by molar-refractivity contribution is 5.98. The summed E-state index contributed by atoms with van der Waals surface area (Å²) in [5, 5.41) is 5.36. The second-order valence-corrected chi connectivity index (χ2v) is 4.82. The van der Waals surface area contributed by atoms with Crippen LogP contribution in [-0.2, 0) is 4.79 Å². The molecule has 4 N–H and O–H groups in total. The monoisotopic (exact) mass is 279 g/mol. The number of carbonyl (C=O) groups excluding carboxylic acids is 2. The summed E-state index contributed by atoms with van der Waals surface area (Å²) in [6.45, 7) is 5.35. The van der Waals surface area contributed by atoms with Gasteiger partial charge in [0.25, 0.3) is 5.91 Å². The van der Waals surface area contributed by atoms with Crippen LogP contribution in [0, 0.1) is 0 Å². The van der Waals surface area contributed by atoms with Gasteiger partial charge in [0.2, 0.25) is 5.91 Å². The van der Waals surface area contributed by atoms with E-state index in [-0.39, 0.29) is 17.9 Å². The predicted octanol–water partition coefficient (Wildman–Crippen LogP) is 0.920. The van der Waals surface area contributed by atoms with Gasteiger partial charge in [0, 0.05) is 11.6 Å². The molecule has 0 saturated heterocycles. The lowest BCUT2D eigenvalue weighted by molar-refractivity contribution is -0.123. The second-order valence-electron chi connectivity index (χ2n) is 4.82. The van der Waals surface area contributed by atoms with Crippen molar-refractivity contribution in [2.45, 2.75) is 32.9 Å². The Kier molecular flexibility index (Phi) is 5.37. The number of nitrogen functional groups attached to an aromatic ring is 1. The van der Waals surface area contributed by atoms with Crippen LogP contribution < -0.4 is 21.1 Å². The summed E-state index contributed by atoms with van der Waals surface area (Å²) in [5.41, 5.74) is 6.53. The highest BCUT2D eigenvalue weighted by Gasteiger charge is 2.17. The largest absolute Gasteiger partial charge is 0.495 e. The molecular formula is C14H21N3O3. The number of amides is 2. The Morgan fingerprint density at radius 3 is 2.40 bits per heavy atom. The number of methoxy groups -OCH3 is 1. The highest BCUT2D eigenvalue weighted by Crippen LogP contribution is 2.22. The summed E-state index contributed by atoms with van der Waals surface area (Å²) in [7, 11) is 1.48. The van der Waals surface area contributed by atoms with Crippen molar-refractivity contribution < 1.29 is 14.3 Å². The van der Waals surface area contributed by atoms with E-state index in [9.17, 15) is 9.59 Å². The molecule has 0 fully saturated rings. The van der Waals surface area contributed by atoms with Crippen molar-refractivity contribution in [2.75, 3.05) is 12.8 Å². The average molecular weight is 279 g/mol. The fourth-order valence-corrected chi connectivity index (χ4v) is 1.61. The molecule has 1 aromatic carbocycles. The Balaban J connectivity index is 2.73. The van der Waals surface area contributed by atoms with Crippen LogP contribution in [0.4, 0.5) is 5.69 Å². The molecule has 1 rings (SSSR count). The standard InChI is InChI=1S/C14H21N3O3/c1-8(2)16-13(18)9(3)17-14(19)10-5-6-11(15)12(7-10)20-4/h5-9H,15H2,1-4H3,(H,16,18)(H,17,19). The van der Waals surface area contributed by atoms with Gasteiger partial charge in [-0.15, -0.1) is 0 Å². The molecule has 0 saturated carbocycles. The van der Waals surface area contributed by atoms with Gasteiger partial charge >= 0.3 is 0 Å². The van der Waals surface area contributed by atoms with Gasteiger partial charge in [0.05, 0.1) is 12.8 Å². The van der Waals surface area contributed by atoms with Crippen molar-refractivity contribution in [3.63, 3.8) is 0 Å². The Morgan fingerprint density at radius 2 is 1.85 bits per heavy atom.